The van der Waals surface area contributed by atoms with Gasteiger partial charge in [0.2, 0.25) is 0 Å². The number of aromatic nitrogens is 2. The number of methoxy groups -OCH3 is 1. The molecule has 7 nitrogen and oxygen atoms in total. The number of nitrogens with zero attached hydrogens (tertiary/aromatic N) is 1. The second kappa shape index (κ2) is 9.63. The van der Waals surface area contributed by atoms with Gasteiger partial charge in [-0.15, -0.1) is 0 Å². The van der Waals surface area contributed by atoms with Gasteiger partial charge in [0.05, 0.1) is 13.0 Å². The molecule has 176 valence electrons. The summed E-state index contributed by atoms with van der Waals surface area (Å²) in [6.07, 6.45) is 2.17. The maximum atomic E-state index is 11.9. The zero-order valence-electron chi connectivity index (χ0n) is 19.9. The van der Waals surface area contributed by atoms with Gasteiger partial charge in [0.25, 0.3) is 5.56 Å². The van der Waals surface area contributed by atoms with Crippen LogP contribution in [0.2, 0.25) is 0 Å². The molecule has 7 heteroatoms. The van der Waals surface area contributed by atoms with E-state index in [9.17, 15) is 14.7 Å². The normalized spacial score (nSPS) is 17.3. The fourth-order valence-corrected chi connectivity index (χ4v) is 4.62. The van der Waals surface area contributed by atoms with Crippen molar-refractivity contribution in [2.45, 2.75) is 63.2 Å². The van der Waals surface area contributed by atoms with Gasteiger partial charge in [0.15, 0.2) is 0 Å². The number of aryl methyl sites for hydroxylation is 1. The smallest absolute Gasteiger partial charge is 0.303 e. The highest BCUT2D eigenvalue weighted by Crippen LogP contribution is 2.40. The van der Waals surface area contributed by atoms with Gasteiger partial charge in [-0.05, 0) is 47.3 Å². The van der Waals surface area contributed by atoms with Crippen molar-refractivity contribution in [3.05, 3.63) is 57.0 Å². The van der Waals surface area contributed by atoms with Gasteiger partial charge in [-0.3, -0.25) is 19.4 Å². The summed E-state index contributed by atoms with van der Waals surface area (Å²) in [7, 11) is 3.39. The lowest BCUT2D eigenvalue weighted by Crippen LogP contribution is -2.38. The number of carboxylic acids is 1. The highest BCUT2D eigenvalue weighted by molar-refractivity contribution is 5.68. The molecular weight excluding hydrogens is 408 g/mol. The zero-order valence-corrected chi connectivity index (χ0v) is 19.9. The molecule has 0 bridgehead atoms. The van der Waals surface area contributed by atoms with Crippen molar-refractivity contribution in [2.75, 3.05) is 26.9 Å². The van der Waals surface area contributed by atoms with Crippen LogP contribution in [0.3, 0.4) is 0 Å². The van der Waals surface area contributed by atoms with E-state index in [0.29, 0.717) is 26.2 Å². The molecule has 2 heterocycles. The van der Waals surface area contributed by atoms with Crippen LogP contribution in [0.1, 0.15) is 68.3 Å². The number of ether oxygens (including phenoxy) is 2. The molecule has 1 aromatic carbocycles. The number of carboxylic acid groups (broad SMARTS) is 1. The Bertz CT molecular complexity index is 987. The van der Waals surface area contributed by atoms with Crippen LogP contribution in [0.5, 0.6) is 0 Å². The molecule has 2 aromatic rings. The minimum absolute atomic E-state index is 0.00957. The molecule has 1 atom stereocenters. The van der Waals surface area contributed by atoms with Crippen LogP contribution in [0.4, 0.5) is 0 Å². The number of aliphatic carboxylic acids is 1. The molecule has 32 heavy (non-hydrogen) atoms. The number of rotatable bonds is 8. The van der Waals surface area contributed by atoms with Crippen molar-refractivity contribution < 1.29 is 19.4 Å². The Morgan fingerprint density at radius 3 is 2.47 bits per heavy atom. The molecule has 1 aliphatic rings. The van der Waals surface area contributed by atoms with Crippen LogP contribution in [0, 0.1) is 0 Å². The van der Waals surface area contributed by atoms with E-state index in [1.165, 1.54) is 15.8 Å². The lowest BCUT2D eigenvalue weighted by Gasteiger charge is -2.38. The van der Waals surface area contributed by atoms with Crippen LogP contribution in [-0.2, 0) is 38.6 Å². The molecule has 1 aromatic heterocycles. The lowest BCUT2D eigenvalue weighted by molar-refractivity contribution is -0.137. The Balaban J connectivity index is 2.11. The van der Waals surface area contributed by atoms with Crippen LogP contribution >= 0.6 is 0 Å². The topological polar surface area (TPSA) is 93.5 Å². The fourth-order valence-electron chi connectivity index (χ4n) is 4.62. The highest BCUT2D eigenvalue weighted by atomic mass is 16.5. The second-order valence-electron chi connectivity index (χ2n) is 10.1. The van der Waals surface area contributed by atoms with Crippen LogP contribution in [0.15, 0.2) is 29.1 Å². The first kappa shape index (κ1) is 24.3. The van der Waals surface area contributed by atoms with Gasteiger partial charge >= 0.3 is 5.97 Å². The third-order valence-corrected chi connectivity index (χ3v) is 6.60. The van der Waals surface area contributed by atoms with Gasteiger partial charge < -0.3 is 14.6 Å². The summed E-state index contributed by atoms with van der Waals surface area (Å²) in [6, 6.07) is 8.11. The number of carbonyl (C=O) groups is 1. The van der Waals surface area contributed by atoms with E-state index in [2.05, 4.69) is 44.1 Å². The van der Waals surface area contributed by atoms with E-state index >= 15 is 0 Å². The monoisotopic (exact) mass is 444 g/mol. The highest BCUT2D eigenvalue weighted by Gasteiger charge is 2.36. The summed E-state index contributed by atoms with van der Waals surface area (Å²) >= 11 is 0. The second-order valence-corrected chi connectivity index (χ2v) is 10.1. The molecule has 2 N–H and O–H groups in total. The summed E-state index contributed by atoms with van der Waals surface area (Å²) in [5, 5.41) is 12.7. The third-order valence-electron chi connectivity index (χ3n) is 6.60. The number of nitrogens with one attached hydrogen (secondary N) is 1. The molecule has 1 unspecified atom stereocenters. The van der Waals surface area contributed by atoms with Crippen LogP contribution in [-0.4, -0.2) is 47.8 Å². The lowest BCUT2D eigenvalue weighted by atomic mass is 9.71. The summed E-state index contributed by atoms with van der Waals surface area (Å²) in [4.78, 5) is 23.7. The zero-order chi connectivity index (χ0) is 23.5. The number of aromatic amines is 1. The molecule has 0 aliphatic carbocycles. The molecule has 0 saturated carbocycles. The van der Waals surface area contributed by atoms with E-state index in [4.69, 9.17) is 9.47 Å². The van der Waals surface area contributed by atoms with Gasteiger partial charge in [-0.1, -0.05) is 39.0 Å². The van der Waals surface area contributed by atoms with E-state index in [1.807, 2.05) is 0 Å². The van der Waals surface area contributed by atoms with Gasteiger partial charge in [-0.2, -0.15) is 0 Å². The standard InChI is InChI=1S/C25H36N2O5/c1-24(2,3)19-10-17(11-20(14-19)25(16-31-5)6-8-32-9-7-25)18(13-23(29)30)12-21-15-22(28)27(4)26-21/h10-11,14-15,18,26H,6-9,12-13,16H2,1-5H3,(H,29,30). The van der Waals surface area contributed by atoms with Gasteiger partial charge in [0.1, 0.15) is 0 Å². The minimum atomic E-state index is -0.853. The average molecular weight is 445 g/mol. The summed E-state index contributed by atoms with van der Waals surface area (Å²) in [6.45, 7) is 8.47. The van der Waals surface area contributed by atoms with E-state index < -0.39 is 5.97 Å². The minimum Gasteiger partial charge on any atom is -0.481 e. The number of H-pyrrole nitrogens is 1. The summed E-state index contributed by atoms with van der Waals surface area (Å²) in [5.41, 5.74) is 3.70. The molecule has 0 amide bonds. The van der Waals surface area contributed by atoms with Gasteiger partial charge in [-0.25, -0.2) is 0 Å². The maximum Gasteiger partial charge on any atom is 0.303 e. The van der Waals surface area contributed by atoms with Gasteiger partial charge in [0, 0.05) is 44.5 Å². The van der Waals surface area contributed by atoms with E-state index in [-0.39, 0.29) is 28.7 Å². The van der Waals surface area contributed by atoms with Crippen molar-refractivity contribution in [1.82, 2.24) is 9.78 Å². The van der Waals surface area contributed by atoms with E-state index in [1.54, 1.807) is 20.2 Å². The average Bonchev–Trinajstić information content (AvgIpc) is 3.04. The Kier molecular flexibility index (Phi) is 7.30. The van der Waals surface area contributed by atoms with Crippen molar-refractivity contribution in [3.8, 4) is 0 Å². The number of hydrogen-bond acceptors (Lipinski definition) is 4. The molecule has 3 rings (SSSR count). The summed E-state index contributed by atoms with van der Waals surface area (Å²) in [5.74, 6) is -1.11. The number of benzene rings is 1. The first-order valence-corrected chi connectivity index (χ1v) is 11.2. The molecule has 0 spiro atoms. The first-order chi connectivity index (χ1) is 15.0. The van der Waals surface area contributed by atoms with Crippen molar-refractivity contribution in [1.29, 1.82) is 0 Å². The van der Waals surface area contributed by atoms with Crippen LogP contribution in [0.25, 0.3) is 0 Å². The Morgan fingerprint density at radius 2 is 1.94 bits per heavy atom. The Labute approximate surface area is 189 Å². The molecule has 1 fully saturated rings. The fraction of sp³-hybridized carbons (Fsp3) is 0.600. The Morgan fingerprint density at radius 1 is 1.25 bits per heavy atom. The quantitative estimate of drug-likeness (QED) is 0.650. The third kappa shape index (κ3) is 5.51. The predicted octanol–water partition coefficient (Wildman–Crippen LogP) is 3.51. The molecule has 1 aliphatic heterocycles. The van der Waals surface area contributed by atoms with Crippen molar-refractivity contribution in [3.63, 3.8) is 0 Å². The Hall–Kier alpha value is -2.38. The van der Waals surface area contributed by atoms with Crippen molar-refractivity contribution >= 4 is 5.97 Å². The number of hydrogen-bond donors (Lipinski definition) is 2. The molecule has 1 saturated heterocycles. The van der Waals surface area contributed by atoms with Crippen molar-refractivity contribution in [2.24, 2.45) is 7.05 Å². The first-order valence-electron chi connectivity index (χ1n) is 11.2. The summed E-state index contributed by atoms with van der Waals surface area (Å²) < 4.78 is 12.7. The predicted molar refractivity (Wildman–Crippen MR) is 123 cm³/mol. The largest absolute Gasteiger partial charge is 0.481 e. The molecule has 0 radical (unpaired) electrons. The maximum absolute atomic E-state index is 11.9. The SMILES string of the molecule is COCC1(c2cc(C(CC(=O)O)Cc3cc(=O)n(C)[nH]3)cc(C(C)(C)C)c2)CCOCC1. The van der Waals surface area contributed by atoms with Crippen LogP contribution < -0.4 is 5.56 Å². The molecular formula is C25H36N2O5. The van der Waals surface area contributed by atoms with E-state index in [0.717, 1.165) is 24.1 Å².